The zero-order valence-electron chi connectivity index (χ0n) is 8.64. The lowest BCUT2D eigenvalue weighted by Gasteiger charge is -2.12. The van der Waals surface area contributed by atoms with Crippen molar-refractivity contribution in [1.29, 1.82) is 0 Å². The molecule has 0 fully saturated rings. The Balaban J connectivity index is 3.23. The van der Waals surface area contributed by atoms with Crippen LogP contribution >= 0.6 is 11.6 Å². The number of carbonyl (C=O) groups is 1. The van der Waals surface area contributed by atoms with Crippen LogP contribution in [0.3, 0.4) is 0 Å². The number of aryl methyl sites for hydroxylation is 1. The molecule has 1 aromatic carbocycles. The van der Waals surface area contributed by atoms with E-state index in [2.05, 4.69) is 0 Å². The van der Waals surface area contributed by atoms with Gasteiger partial charge in [0.05, 0.1) is 12.1 Å². The maximum Gasteiger partial charge on any atom is 0.142 e. The van der Waals surface area contributed by atoms with E-state index in [9.17, 15) is 9.18 Å². The van der Waals surface area contributed by atoms with Gasteiger partial charge in [-0.25, -0.2) is 4.39 Å². The van der Waals surface area contributed by atoms with Crippen molar-refractivity contribution in [2.45, 2.75) is 19.8 Å². The number of methoxy groups -OCH3 is 1. The van der Waals surface area contributed by atoms with Gasteiger partial charge in [0.25, 0.3) is 0 Å². The molecular weight excluding hydrogens is 219 g/mol. The summed E-state index contributed by atoms with van der Waals surface area (Å²) in [5.74, 6) is 0.0825. The van der Waals surface area contributed by atoms with Gasteiger partial charge in [-0.1, -0.05) is 11.6 Å². The van der Waals surface area contributed by atoms with Crippen LogP contribution in [0.5, 0.6) is 5.75 Å². The van der Waals surface area contributed by atoms with Crippen LogP contribution in [0.1, 0.15) is 17.5 Å². The Bertz CT molecular complexity index is 377. The predicted octanol–water partition coefficient (Wildman–Crippen LogP) is 2.93. The van der Waals surface area contributed by atoms with E-state index in [1.807, 2.05) is 0 Å². The van der Waals surface area contributed by atoms with Crippen molar-refractivity contribution in [2.75, 3.05) is 7.11 Å². The molecule has 0 unspecified atom stereocenters. The normalized spacial score (nSPS) is 10.1. The molecule has 0 aliphatic heterocycles. The van der Waals surface area contributed by atoms with E-state index in [1.165, 1.54) is 13.2 Å². The molecule has 82 valence electrons. The van der Waals surface area contributed by atoms with Crippen LogP contribution in [0.4, 0.5) is 4.39 Å². The molecule has 0 amide bonds. The molecule has 0 aliphatic carbocycles. The Morgan fingerprint density at radius 1 is 1.60 bits per heavy atom. The Labute approximate surface area is 93.0 Å². The van der Waals surface area contributed by atoms with Crippen LogP contribution in [0, 0.1) is 12.7 Å². The Hall–Kier alpha value is -1.09. The van der Waals surface area contributed by atoms with E-state index in [4.69, 9.17) is 16.3 Å². The van der Waals surface area contributed by atoms with Crippen molar-refractivity contribution in [2.24, 2.45) is 0 Å². The molecule has 4 heteroatoms. The summed E-state index contributed by atoms with van der Waals surface area (Å²) in [6, 6.07) is 1.32. The molecule has 0 N–H and O–H groups in total. The number of carbonyl (C=O) groups excluding carboxylic acids is 1. The first-order valence-electron chi connectivity index (χ1n) is 4.57. The topological polar surface area (TPSA) is 26.3 Å². The Kier molecular flexibility index (Phi) is 4.09. The van der Waals surface area contributed by atoms with Crippen LogP contribution in [0.25, 0.3) is 0 Å². The van der Waals surface area contributed by atoms with Gasteiger partial charge in [-0.2, -0.15) is 0 Å². The summed E-state index contributed by atoms with van der Waals surface area (Å²) < 4.78 is 18.4. The maximum absolute atomic E-state index is 13.3. The maximum atomic E-state index is 13.3. The van der Waals surface area contributed by atoms with Crippen molar-refractivity contribution in [3.8, 4) is 5.75 Å². The van der Waals surface area contributed by atoms with Crippen molar-refractivity contribution in [3.05, 3.63) is 28.0 Å². The molecule has 0 atom stereocenters. The second-order valence-electron chi connectivity index (χ2n) is 3.21. The minimum atomic E-state index is -0.476. The minimum absolute atomic E-state index is 0.0410. The highest BCUT2D eigenvalue weighted by atomic mass is 35.5. The molecule has 0 heterocycles. The number of rotatable bonds is 4. The van der Waals surface area contributed by atoms with E-state index < -0.39 is 5.82 Å². The number of halogens is 2. The zero-order chi connectivity index (χ0) is 11.4. The highest BCUT2D eigenvalue weighted by Gasteiger charge is 2.15. The van der Waals surface area contributed by atoms with E-state index in [0.29, 0.717) is 29.7 Å². The van der Waals surface area contributed by atoms with Gasteiger partial charge in [-0.15, -0.1) is 0 Å². The smallest absolute Gasteiger partial charge is 0.142 e. The summed E-state index contributed by atoms with van der Waals surface area (Å²) in [6.45, 7) is 1.74. The molecule has 0 radical (unpaired) electrons. The third-order valence-corrected chi connectivity index (χ3v) is 2.58. The van der Waals surface area contributed by atoms with Gasteiger partial charge < -0.3 is 9.53 Å². The lowest BCUT2D eigenvalue weighted by molar-refractivity contribution is -0.107. The monoisotopic (exact) mass is 230 g/mol. The van der Waals surface area contributed by atoms with Gasteiger partial charge in [-0.05, 0) is 25.0 Å². The van der Waals surface area contributed by atoms with Gasteiger partial charge in [0, 0.05) is 12.0 Å². The van der Waals surface area contributed by atoms with Gasteiger partial charge in [0.1, 0.15) is 17.9 Å². The Morgan fingerprint density at radius 2 is 2.27 bits per heavy atom. The first kappa shape index (κ1) is 12.0. The summed E-state index contributed by atoms with van der Waals surface area (Å²) in [5.41, 5.74) is 1.24. The number of aldehydes is 1. The third-order valence-electron chi connectivity index (χ3n) is 2.17. The molecule has 2 nitrogen and oxygen atoms in total. The van der Waals surface area contributed by atoms with Gasteiger partial charge >= 0.3 is 0 Å². The molecule has 0 bridgehead atoms. The number of hydrogen-bond acceptors (Lipinski definition) is 2. The molecule has 0 aliphatic rings. The summed E-state index contributed by atoms with van der Waals surface area (Å²) in [4.78, 5) is 10.3. The minimum Gasteiger partial charge on any atom is -0.496 e. The summed E-state index contributed by atoms with van der Waals surface area (Å²) in [7, 11) is 1.50. The molecule has 15 heavy (non-hydrogen) atoms. The number of hydrogen-bond donors (Lipinski definition) is 0. The molecule has 1 rings (SSSR count). The predicted molar refractivity (Wildman–Crippen MR) is 57.1 cm³/mol. The second-order valence-corrected chi connectivity index (χ2v) is 3.58. The molecule has 1 aromatic rings. The van der Waals surface area contributed by atoms with Crippen LogP contribution in [-0.4, -0.2) is 13.4 Å². The molecular formula is C11H12ClFO2. The summed E-state index contributed by atoms with van der Waals surface area (Å²) >= 11 is 5.81. The third kappa shape index (κ3) is 2.48. The summed E-state index contributed by atoms with van der Waals surface area (Å²) in [6.07, 6.45) is 1.47. The zero-order valence-corrected chi connectivity index (χ0v) is 9.40. The molecule has 0 saturated carbocycles. The molecule has 0 saturated heterocycles. The fourth-order valence-corrected chi connectivity index (χ4v) is 1.75. The number of benzene rings is 1. The number of ether oxygens (including phenoxy) is 1. The first-order valence-corrected chi connectivity index (χ1v) is 4.94. The lowest BCUT2D eigenvalue weighted by Crippen LogP contribution is -1.99. The van der Waals surface area contributed by atoms with Crippen molar-refractivity contribution in [1.82, 2.24) is 0 Å². The average molecular weight is 231 g/mol. The van der Waals surface area contributed by atoms with Gasteiger partial charge in [-0.3, -0.25) is 0 Å². The van der Waals surface area contributed by atoms with Crippen molar-refractivity contribution in [3.63, 3.8) is 0 Å². The molecule has 0 aromatic heterocycles. The van der Waals surface area contributed by atoms with Crippen LogP contribution in [0.2, 0.25) is 5.02 Å². The van der Waals surface area contributed by atoms with E-state index in [1.54, 1.807) is 6.92 Å². The SMILES string of the molecule is COc1c(C)cc(F)c(Cl)c1CCC=O. The highest BCUT2D eigenvalue weighted by Crippen LogP contribution is 2.33. The quantitative estimate of drug-likeness (QED) is 0.744. The average Bonchev–Trinajstić information content (AvgIpc) is 2.21. The van der Waals surface area contributed by atoms with Crippen molar-refractivity contribution >= 4 is 17.9 Å². The summed E-state index contributed by atoms with van der Waals surface area (Å²) in [5, 5.41) is 0.0410. The van der Waals surface area contributed by atoms with E-state index in [-0.39, 0.29) is 5.02 Å². The highest BCUT2D eigenvalue weighted by molar-refractivity contribution is 6.31. The molecule has 0 spiro atoms. The van der Waals surface area contributed by atoms with Crippen molar-refractivity contribution < 1.29 is 13.9 Å². The first-order chi connectivity index (χ1) is 7.11. The fourth-order valence-electron chi connectivity index (χ4n) is 1.51. The van der Waals surface area contributed by atoms with E-state index in [0.717, 1.165) is 6.29 Å². The van der Waals surface area contributed by atoms with Gasteiger partial charge in [0.2, 0.25) is 0 Å². The lowest BCUT2D eigenvalue weighted by atomic mass is 10.0. The van der Waals surface area contributed by atoms with E-state index >= 15 is 0 Å². The van der Waals surface area contributed by atoms with Gasteiger partial charge in [0.15, 0.2) is 0 Å². The second kappa shape index (κ2) is 5.12. The van der Waals surface area contributed by atoms with Crippen LogP contribution in [-0.2, 0) is 11.2 Å². The Morgan fingerprint density at radius 3 is 2.80 bits per heavy atom. The van der Waals surface area contributed by atoms with Crippen LogP contribution in [0.15, 0.2) is 6.07 Å². The van der Waals surface area contributed by atoms with Crippen LogP contribution < -0.4 is 4.74 Å². The fraction of sp³-hybridized carbons (Fsp3) is 0.364. The largest absolute Gasteiger partial charge is 0.496 e. The standard InChI is InChI=1S/C11H12ClFO2/c1-7-6-9(13)10(12)8(4-3-5-14)11(7)15-2/h5-6H,3-4H2,1-2H3.